The lowest BCUT2D eigenvalue weighted by atomic mass is 10.2. The molecule has 2 rings (SSSR count). The average Bonchev–Trinajstić information content (AvgIpc) is 2.33. The molecule has 1 fully saturated rings. The topological polar surface area (TPSA) is 43.2 Å². The molecule has 1 unspecified atom stereocenters. The highest BCUT2D eigenvalue weighted by atomic mass is 15.3. The Kier molecular flexibility index (Phi) is 3.07. The third-order valence-electron chi connectivity index (χ3n) is 3.13. The number of aromatic nitrogens is 1. The summed E-state index contributed by atoms with van der Waals surface area (Å²) < 4.78 is 0. The van der Waals surface area contributed by atoms with Gasteiger partial charge in [-0.1, -0.05) is 6.07 Å². The second-order valence-corrected chi connectivity index (χ2v) is 4.27. The molecule has 1 aromatic heterocycles. The molecule has 0 N–H and O–H groups in total. The van der Waals surface area contributed by atoms with Crippen molar-refractivity contribution in [2.24, 2.45) is 0 Å². The summed E-state index contributed by atoms with van der Waals surface area (Å²) in [6.07, 6.45) is 0. The number of likely N-dealkylation sites (N-methyl/N-ethyl adjacent to an activating group) is 1. The minimum absolute atomic E-state index is 0.490. The molecule has 1 aliphatic rings. The Morgan fingerprint density at radius 3 is 2.94 bits per heavy atom. The van der Waals surface area contributed by atoms with Crippen LogP contribution in [0.1, 0.15) is 12.6 Å². The molecule has 0 amide bonds. The Morgan fingerprint density at radius 2 is 2.25 bits per heavy atom. The maximum Gasteiger partial charge on any atom is 0.142 e. The fraction of sp³-hybridized carbons (Fsp3) is 0.500. The van der Waals surface area contributed by atoms with Crippen LogP contribution in [-0.2, 0) is 0 Å². The number of nitriles is 1. The first-order valence-electron chi connectivity index (χ1n) is 5.53. The maximum absolute atomic E-state index is 8.82. The monoisotopic (exact) mass is 216 g/mol. The molecule has 84 valence electrons. The third kappa shape index (κ3) is 2.15. The maximum atomic E-state index is 8.82. The largest absolute Gasteiger partial charge is 0.354 e. The zero-order chi connectivity index (χ0) is 11.5. The molecular weight excluding hydrogens is 200 g/mol. The highest BCUT2D eigenvalue weighted by Gasteiger charge is 2.21. The lowest BCUT2D eigenvalue weighted by molar-refractivity contribution is 0.233. The molecule has 0 radical (unpaired) electrons. The van der Waals surface area contributed by atoms with E-state index in [1.165, 1.54) is 0 Å². The number of pyridine rings is 1. The van der Waals surface area contributed by atoms with Crippen molar-refractivity contribution in [3.05, 3.63) is 23.9 Å². The average molecular weight is 216 g/mol. The van der Waals surface area contributed by atoms with Crippen LogP contribution in [0, 0.1) is 11.3 Å². The predicted molar refractivity (Wildman–Crippen MR) is 63.3 cm³/mol. The van der Waals surface area contributed by atoms with E-state index in [-0.39, 0.29) is 0 Å². The van der Waals surface area contributed by atoms with Crippen molar-refractivity contribution in [1.29, 1.82) is 5.26 Å². The summed E-state index contributed by atoms with van der Waals surface area (Å²) >= 11 is 0. The van der Waals surface area contributed by atoms with Gasteiger partial charge in [0.15, 0.2) is 0 Å². The summed E-state index contributed by atoms with van der Waals surface area (Å²) in [5.74, 6) is 0.916. The SMILES string of the molecule is CC1CN(c2cccc(C#N)n2)CCN1C. The Hall–Kier alpha value is -1.60. The summed E-state index contributed by atoms with van der Waals surface area (Å²) in [5.41, 5.74) is 0.490. The van der Waals surface area contributed by atoms with Crippen molar-refractivity contribution in [3.63, 3.8) is 0 Å². The molecule has 0 aromatic carbocycles. The van der Waals surface area contributed by atoms with Crippen LogP contribution < -0.4 is 4.90 Å². The molecule has 1 aromatic rings. The highest BCUT2D eigenvalue weighted by molar-refractivity contribution is 5.42. The Morgan fingerprint density at radius 1 is 1.44 bits per heavy atom. The number of hydrogen-bond donors (Lipinski definition) is 0. The second kappa shape index (κ2) is 4.50. The number of hydrogen-bond acceptors (Lipinski definition) is 4. The molecule has 4 nitrogen and oxygen atoms in total. The Bertz CT molecular complexity index is 410. The van der Waals surface area contributed by atoms with Crippen LogP contribution in [0.25, 0.3) is 0 Å². The first-order chi connectivity index (χ1) is 7.70. The number of nitrogens with zero attached hydrogens (tertiary/aromatic N) is 4. The van der Waals surface area contributed by atoms with Crippen LogP contribution in [0.5, 0.6) is 0 Å². The van der Waals surface area contributed by atoms with Crippen LogP contribution in [0.3, 0.4) is 0 Å². The van der Waals surface area contributed by atoms with E-state index in [0.717, 1.165) is 25.5 Å². The zero-order valence-electron chi connectivity index (χ0n) is 9.72. The quantitative estimate of drug-likeness (QED) is 0.705. The molecule has 1 atom stereocenters. The molecule has 0 saturated carbocycles. The van der Waals surface area contributed by atoms with E-state index in [0.29, 0.717) is 11.7 Å². The second-order valence-electron chi connectivity index (χ2n) is 4.27. The molecule has 1 saturated heterocycles. The normalized spacial score (nSPS) is 21.8. The Balaban J connectivity index is 2.16. The summed E-state index contributed by atoms with van der Waals surface area (Å²) in [4.78, 5) is 8.90. The van der Waals surface area contributed by atoms with E-state index in [1.807, 2.05) is 12.1 Å². The van der Waals surface area contributed by atoms with Crippen molar-refractivity contribution in [1.82, 2.24) is 9.88 Å². The summed E-state index contributed by atoms with van der Waals surface area (Å²) in [5, 5.41) is 8.82. The van der Waals surface area contributed by atoms with Gasteiger partial charge in [-0.3, -0.25) is 0 Å². The van der Waals surface area contributed by atoms with Crippen molar-refractivity contribution in [3.8, 4) is 6.07 Å². The van der Waals surface area contributed by atoms with E-state index < -0.39 is 0 Å². The zero-order valence-corrected chi connectivity index (χ0v) is 9.72. The van der Waals surface area contributed by atoms with Gasteiger partial charge in [-0.25, -0.2) is 4.98 Å². The van der Waals surface area contributed by atoms with Gasteiger partial charge in [-0.15, -0.1) is 0 Å². The van der Waals surface area contributed by atoms with Gasteiger partial charge < -0.3 is 9.80 Å². The van der Waals surface area contributed by atoms with E-state index in [9.17, 15) is 0 Å². The minimum atomic E-state index is 0.490. The molecule has 0 bridgehead atoms. The smallest absolute Gasteiger partial charge is 0.142 e. The van der Waals surface area contributed by atoms with Crippen LogP contribution in [0.4, 0.5) is 5.82 Å². The van der Waals surface area contributed by atoms with E-state index >= 15 is 0 Å². The minimum Gasteiger partial charge on any atom is -0.354 e. The standard InChI is InChI=1S/C12H16N4/c1-10-9-16(7-6-15(10)2)12-5-3-4-11(8-13)14-12/h3-5,10H,6-7,9H2,1-2H3. The van der Waals surface area contributed by atoms with E-state index in [2.05, 4.69) is 34.8 Å². The molecule has 2 heterocycles. The lowest BCUT2D eigenvalue weighted by Crippen LogP contribution is -2.50. The van der Waals surface area contributed by atoms with Gasteiger partial charge in [0.2, 0.25) is 0 Å². The van der Waals surface area contributed by atoms with Crippen molar-refractivity contribution in [2.45, 2.75) is 13.0 Å². The fourth-order valence-corrected chi connectivity index (χ4v) is 1.92. The molecular formula is C12H16N4. The van der Waals surface area contributed by atoms with Gasteiger partial charge in [-0.2, -0.15) is 5.26 Å². The molecule has 0 aliphatic carbocycles. The first-order valence-corrected chi connectivity index (χ1v) is 5.53. The third-order valence-corrected chi connectivity index (χ3v) is 3.13. The van der Waals surface area contributed by atoms with Crippen LogP contribution >= 0.6 is 0 Å². The molecule has 0 spiro atoms. The summed E-state index contributed by atoms with van der Waals surface area (Å²) in [6.45, 7) is 5.20. The highest BCUT2D eigenvalue weighted by Crippen LogP contribution is 2.16. The number of rotatable bonds is 1. The summed E-state index contributed by atoms with van der Waals surface area (Å²) in [7, 11) is 2.14. The van der Waals surface area contributed by atoms with Crippen molar-refractivity contribution < 1.29 is 0 Å². The van der Waals surface area contributed by atoms with Gasteiger partial charge >= 0.3 is 0 Å². The summed E-state index contributed by atoms with van der Waals surface area (Å²) in [6, 6.07) is 8.21. The molecule has 4 heteroatoms. The van der Waals surface area contributed by atoms with Crippen LogP contribution in [0.15, 0.2) is 18.2 Å². The number of anilines is 1. The predicted octanol–water partition coefficient (Wildman–Crippen LogP) is 1.09. The Labute approximate surface area is 96.1 Å². The first kappa shape index (κ1) is 10.9. The molecule has 16 heavy (non-hydrogen) atoms. The lowest BCUT2D eigenvalue weighted by Gasteiger charge is -2.38. The van der Waals surface area contributed by atoms with Gasteiger partial charge in [0, 0.05) is 25.7 Å². The van der Waals surface area contributed by atoms with Gasteiger partial charge in [0.25, 0.3) is 0 Å². The van der Waals surface area contributed by atoms with Crippen molar-refractivity contribution in [2.75, 3.05) is 31.6 Å². The van der Waals surface area contributed by atoms with E-state index in [4.69, 9.17) is 5.26 Å². The molecule has 1 aliphatic heterocycles. The van der Waals surface area contributed by atoms with Crippen LogP contribution in [0.2, 0.25) is 0 Å². The van der Waals surface area contributed by atoms with Gasteiger partial charge in [0.1, 0.15) is 17.6 Å². The van der Waals surface area contributed by atoms with E-state index in [1.54, 1.807) is 6.07 Å². The van der Waals surface area contributed by atoms with Gasteiger partial charge in [-0.05, 0) is 26.1 Å². The van der Waals surface area contributed by atoms with Crippen LogP contribution in [-0.4, -0.2) is 42.6 Å². The van der Waals surface area contributed by atoms with Crippen molar-refractivity contribution >= 4 is 5.82 Å². The van der Waals surface area contributed by atoms with Gasteiger partial charge in [0.05, 0.1) is 0 Å². The number of piperazine rings is 1. The fourth-order valence-electron chi connectivity index (χ4n) is 1.92.